The summed E-state index contributed by atoms with van der Waals surface area (Å²) in [6, 6.07) is 2.10. The molecule has 20 heavy (non-hydrogen) atoms. The molecule has 0 bridgehead atoms. The van der Waals surface area contributed by atoms with Gasteiger partial charge in [-0.15, -0.1) is 0 Å². The molecule has 0 amide bonds. The fourth-order valence-electron chi connectivity index (χ4n) is 2.55. The van der Waals surface area contributed by atoms with Crippen molar-refractivity contribution in [2.45, 2.75) is 46.4 Å². The van der Waals surface area contributed by atoms with Crippen molar-refractivity contribution in [1.29, 1.82) is 0 Å². The van der Waals surface area contributed by atoms with Gasteiger partial charge in [-0.1, -0.05) is 20.8 Å². The van der Waals surface area contributed by atoms with Gasteiger partial charge in [0.15, 0.2) is 0 Å². The Morgan fingerprint density at radius 1 is 1.45 bits per heavy atom. The number of furan rings is 1. The topological polar surface area (TPSA) is 37.6 Å². The van der Waals surface area contributed by atoms with Gasteiger partial charge in [-0.25, -0.2) is 0 Å². The van der Waals surface area contributed by atoms with E-state index in [1.165, 1.54) is 5.56 Å². The monoisotopic (exact) mass is 280 g/mol. The van der Waals surface area contributed by atoms with Gasteiger partial charge in [-0.05, 0) is 24.9 Å². The number of rotatable bonds is 7. The SMILES string of the molecule is CCC1CN(Cc2ccoc2CNCC(C)C)CCO1. The first-order valence-electron chi connectivity index (χ1n) is 7.79. The molecule has 1 atom stereocenters. The molecule has 1 aliphatic rings. The quantitative estimate of drug-likeness (QED) is 0.833. The fourth-order valence-corrected chi connectivity index (χ4v) is 2.55. The molecule has 0 saturated carbocycles. The highest BCUT2D eigenvalue weighted by Gasteiger charge is 2.20. The zero-order valence-electron chi connectivity index (χ0n) is 13.0. The van der Waals surface area contributed by atoms with E-state index in [-0.39, 0.29) is 0 Å². The molecule has 0 spiro atoms. The van der Waals surface area contributed by atoms with Gasteiger partial charge in [0.1, 0.15) is 5.76 Å². The number of nitrogens with zero attached hydrogens (tertiary/aromatic N) is 1. The van der Waals surface area contributed by atoms with Crippen LogP contribution in [0.1, 0.15) is 38.5 Å². The Morgan fingerprint density at radius 2 is 2.30 bits per heavy atom. The van der Waals surface area contributed by atoms with E-state index in [4.69, 9.17) is 9.15 Å². The van der Waals surface area contributed by atoms with Crippen LogP contribution in [0.5, 0.6) is 0 Å². The lowest BCUT2D eigenvalue weighted by atomic mass is 10.1. The van der Waals surface area contributed by atoms with Crippen LogP contribution >= 0.6 is 0 Å². The highest BCUT2D eigenvalue weighted by molar-refractivity contribution is 5.17. The Labute approximate surface area is 122 Å². The first-order chi connectivity index (χ1) is 9.69. The van der Waals surface area contributed by atoms with Crippen molar-refractivity contribution in [2.75, 3.05) is 26.2 Å². The molecule has 0 aromatic carbocycles. The lowest BCUT2D eigenvalue weighted by Crippen LogP contribution is -2.41. The van der Waals surface area contributed by atoms with Crippen molar-refractivity contribution < 1.29 is 9.15 Å². The maximum Gasteiger partial charge on any atom is 0.122 e. The minimum Gasteiger partial charge on any atom is -0.468 e. The summed E-state index contributed by atoms with van der Waals surface area (Å²) in [6.45, 7) is 12.3. The van der Waals surface area contributed by atoms with E-state index in [9.17, 15) is 0 Å². The molecule has 1 aromatic heterocycles. The molecule has 1 aromatic rings. The third-order valence-electron chi connectivity index (χ3n) is 3.75. The van der Waals surface area contributed by atoms with Gasteiger partial charge >= 0.3 is 0 Å². The summed E-state index contributed by atoms with van der Waals surface area (Å²) < 4.78 is 11.3. The average Bonchev–Trinajstić information content (AvgIpc) is 2.86. The highest BCUT2D eigenvalue weighted by Crippen LogP contribution is 2.16. The summed E-state index contributed by atoms with van der Waals surface area (Å²) in [5.41, 5.74) is 1.30. The zero-order valence-corrected chi connectivity index (χ0v) is 13.0. The van der Waals surface area contributed by atoms with Gasteiger partial charge in [0.05, 0.1) is 25.5 Å². The normalized spacial score (nSPS) is 20.7. The molecule has 0 aliphatic carbocycles. The Morgan fingerprint density at radius 3 is 3.05 bits per heavy atom. The molecule has 1 saturated heterocycles. The predicted octanol–water partition coefficient (Wildman–Crippen LogP) is 2.64. The second kappa shape index (κ2) is 7.81. The van der Waals surface area contributed by atoms with Crippen molar-refractivity contribution in [2.24, 2.45) is 5.92 Å². The average molecular weight is 280 g/mol. The van der Waals surface area contributed by atoms with Crippen LogP contribution in [0, 0.1) is 5.92 Å². The number of ether oxygens (including phenoxy) is 1. The van der Waals surface area contributed by atoms with Crippen molar-refractivity contribution in [1.82, 2.24) is 10.2 Å². The van der Waals surface area contributed by atoms with E-state index in [0.717, 1.165) is 51.5 Å². The molecule has 2 rings (SSSR count). The third kappa shape index (κ3) is 4.62. The van der Waals surface area contributed by atoms with Gasteiger partial charge in [-0.3, -0.25) is 4.90 Å². The number of hydrogen-bond acceptors (Lipinski definition) is 4. The summed E-state index contributed by atoms with van der Waals surface area (Å²) in [5, 5.41) is 3.45. The molecule has 114 valence electrons. The van der Waals surface area contributed by atoms with Crippen molar-refractivity contribution in [3.63, 3.8) is 0 Å². The molecule has 1 N–H and O–H groups in total. The third-order valence-corrected chi connectivity index (χ3v) is 3.75. The first kappa shape index (κ1) is 15.5. The highest BCUT2D eigenvalue weighted by atomic mass is 16.5. The van der Waals surface area contributed by atoms with Crippen molar-refractivity contribution >= 4 is 0 Å². The largest absolute Gasteiger partial charge is 0.468 e. The summed E-state index contributed by atoms with van der Waals surface area (Å²) in [7, 11) is 0. The minimum atomic E-state index is 0.387. The number of nitrogens with one attached hydrogen (secondary N) is 1. The molecule has 4 nitrogen and oxygen atoms in total. The Bertz CT molecular complexity index is 390. The van der Waals surface area contributed by atoms with Crippen LogP contribution in [0.25, 0.3) is 0 Å². The standard InChI is InChI=1S/C16H28N2O2/c1-4-15-12-18(6-8-19-15)11-14-5-7-20-16(14)10-17-9-13(2)3/h5,7,13,15,17H,4,6,8-12H2,1-3H3. The lowest BCUT2D eigenvalue weighted by Gasteiger charge is -2.32. The van der Waals surface area contributed by atoms with Gasteiger partial charge in [-0.2, -0.15) is 0 Å². The molecule has 1 aliphatic heterocycles. The number of hydrogen-bond donors (Lipinski definition) is 1. The number of morpholine rings is 1. The summed E-state index contributed by atoms with van der Waals surface area (Å²) in [6.07, 6.45) is 3.28. The molecular formula is C16H28N2O2. The van der Waals surface area contributed by atoms with Crippen LogP contribution < -0.4 is 5.32 Å². The first-order valence-corrected chi connectivity index (χ1v) is 7.79. The predicted molar refractivity (Wildman–Crippen MR) is 80.6 cm³/mol. The fraction of sp³-hybridized carbons (Fsp3) is 0.750. The molecule has 4 heteroatoms. The van der Waals surface area contributed by atoms with E-state index < -0.39 is 0 Å². The van der Waals surface area contributed by atoms with Crippen LogP contribution in [0.2, 0.25) is 0 Å². The maximum atomic E-state index is 5.72. The lowest BCUT2D eigenvalue weighted by molar-refractivity contribution is -0.0326. The van der Waals surface area contributed by atoms with Crippen LogP contribution in [0.3, 0.4) is 0 Å². The minimum absolute atomic E-state index is 0.387. The van der Waals surface area contributed by atoms with Crippen LogP contribution in [0.15, 0.2) is 16.7 Å². The van der Waals surface area contributed by atoms with Crippen LogP contribution in [0.4, 0.5) is 0 Å². The molecule has 2 heterocycles. The van der Waals surface area contributed by atoms with Gasteiger partial charge in [0, 0.05) is 25.2 Å². The Kier molecular flexibility index (Phi) is 6.07. The van der Waals surface area contributed by atoms with Crippen LogP contribution in [-0.2, 0) is 17.8 Å². The second-order valence-corrected chi connectivity index (χ2v) is 6.03. The molecule has 1 fully saturated rings. The Hall–Kier alpha value is -0.840. The van der Waals surface area contributed by atoms with E-state index in [1.807, 2.05) is 0 Å². The van der Waals surface area contributed by atoms with E-state index in [0.29, 0.717) is 12.0 Å². The summed E-state index contributed by atoms with van der Waals surface area (Å²) >= 11 is 0. The maximum absolute atomic E-state index is 5.72. The van der Waals surface area contributed by atoms with E-state index in [1.54, 1.807) is 6.26 Å². The van der Waals surface area contributed by atoms with E-state index in [2.05, 4.69) is 37.1 Å². The van der Waals surface area contributed by atoms with Crippen LogP contribution in [-0.4, -0.2) is 37.2 Å². The molecule has 1 unspecified atom stereocenters. The summed E-state index contributed by atoms with van der Waals surface area (Å²) in [5.74, 6) is 1.74. The van der Waals surface area contributed by atoms with Gasteiger partial charge < -0.3 is 14.5 Å². The van der Waals surface area contributed by atoms with Crippen molar-refractivity contribution in [3.8, 4) is 0 Å². The van der Waals surface area contributed by atoms with Crippen molar-refractivity contribution in [3.05, 3.63) is 23.7 Å². The molecular weight excluding hydrogens is 252 g/mol. The van der Waals surface area contributed by atoms with Gasteiger partial charge in [0.25, 0.3) is 0 Å². The smallest absolute Gasteiger partial charge is 0.122 e. The second-order valence-electron chi connectivity index (χ2n) is 6.03. The Balaban J connectivity index is 1.84. The van der Waals surface area contributed by atoms with E-state index >= 15 is 0 Å². The zero-order chi connectivity index (χ0) is 14.4. The summed E-state index contributed by atoms with van der Waals surface area (Å²) in [4.78, 5) is 2.47. The molecule has 0 radical (unpaired) electrons. The van der Waals surface area contributed by atoms with Gasteiger partial charge in [0.2, 0.25) is 0 Å².